The number of hydrogen-bond acceptors (Lipinski definition) is 4. The maximum absolute atomic E-state index is 12.3. The predicted molar refractivity (Wildman–Crippen MR) is 104 cm³/mol. The first-order valence-corrected chi connectivity index (χ1v) is 10.00. The molecular formula is C20H35N5O. The second-order valence-corrected chi connectivity index (χ2v) is 9.11. The van der Waals surface area contributed by atoms with Gasteiger partial charge in [0.05, 0.1) is 5.69 Å². The third-order valence-corrected chi connectivity index (χ3v) is 6.26. The van der Waals surface area contributed by atoms with Crippen molar-refractivity contribution >= 4 is 5.91 Å². The highest BCUT2D eigenvalue weighted by Crippen LogP contribution is 2.32. The van der Waals surface area contributed by atoms with E-state index in [1.54, 1.807) is 0 Å². The number of nitrogens with zero attached hydrogens (tertiary/aromatic N) is 4. The summed E-state index contributed by atoms with van der Waals surface area (Å²) in [6, 6.07) is 2.21. The smallest absolute Gasteiger partial charge is 0.222 e. The first-order chi connectivity index (χ1) is 12.2. The Labute approximate surface area is 157 Å². The molecule has 3 heterocycles. The molecule has 0 bridgehead atoms. The number of amides is 1. The summed E-state index contributed by atoms with van der Waals surface area (Å²) >= 11 is 0. The zero-order valence-electron chi connectivity index (χ0n) is 17.1. The zero-order valence-corrected chi connectivity index (χ0v) is 17.1. The maximum Gasteiger partial charge on any atom is 0.222 e. The van der Waals surface area contributed by atoms with E-state index in [0.29, 0.717) is 12.3 Å². The maximum atomic E-state index is 12.3. The fourth-order valence-corrected chi connectivity index (χ4v) is 4.31. The molecule has 2 fully saturated rings. The van der Waals surface area contributed by atoms with Gasteiger partial charge in [0.2, 0.25) is 5.91 Å². The summed E-state index contributed by atoms with van der Waals surface area (Å²) in [6.07, 6.45) is 2.70. The number of hydrogen-bond donors (Lipinski definition) is 1. The van der Waals surface area contributed by atoms with E-state index < -0.39 is 0 Å². The van der Waals surface area contributed by atoms with Crippen LogP contribution < -0.4 is 0 Å². The third kappa shape index (κ3) is 3.96. The number of H-pyrrole nitrogens is 1. The molecule has 2 aliphatic rings. The molecule has 6 heteroatoms. The molecule has 3 rings (SSSR count). The van der Waals surface area contributed by atoms with E-state index >= 15 is 0 Å². The standard InChI is InChI=1S/C20H35N5O/c1-6-25-10-9-20(8-7-18(25)26)15-24(12-11-23(20)5)14-16-13-17(22-21-16)19(2,3)4/h13H,6-12,14-15H2,1-5H3,(H,21,22)/t20-/m1/s1. The highest BCUT2D eigenvalue weighted by atomic mass is 16.2. The number of carbonyl (C=O) groups is 1. The average molecular weight is 362 g/mol. The van der Waals surface area contributed by atoms with Crippen LogP contribution in [0.3, 0.4) is 0 Å². The van der Waals surface area contributed by atoms with Gasteiger partial charge < -0.3 is 4.90 Å². The van der Waals surface area contributed by atoms with E-state index in [4.69, 9.17) is 0 Å². The van der Waals surface area contributed by atoms with Crippen molar-refractivity contribution in [2.24, 2.45) is 0 Å². The number of piperazine rings is 1. The van der Waals surface area contributed by atoms with E-state index in [-0.39, 0.29) is 11.0 Å². The molecule has 1 aromatic rings. The van der Waals surface area contributed by atoms with Crippen LogP contribution >= 0.6 is 0 Å². The highest BCUT2D eigenvalue weighted by molar-refractivity contribution is 5.76. The molecule has 2 aliphatic heterocycles. The van der Waals surface area contributed by atoms with Gasteiger partial charge in [-0.2, -0.15) is 5.10 Å². The summed E-state index contributed by atoms with van der Waals surface area (Å²) in [6.45, 7) is 14.4. The first-order valence-electron chi connectivity index (χ1n) is 10.00. The molecule has 1 amide bonds. The molecule has 0 aromatic carbocycles. The van der Waals surface area contributed by atoms with Gasteiger partial charge in [0.15, 0.2) is 0 Å². The number of carbonyl (C=O) groups excluding carboxylic acids is 1. The molecule has 1 N–H and O–H groups in total. The second-order valence-electron chi connectivity index (χ2n) is 9.11. The molecule has 0 aliphatic carbocycles. The van der Waals surface area contributed by atoms with Crippen LogP contribution in [0.5, 0.6) is 0 Å². The fraction of sp³-hybridized carbons (Fsp3) is 0.800. The molecule has 1 aromatic heterocycles. The zero-order chi connectivity index (χ0) is 18.9. The van der Waals surface area contributed by atoms with Crippen LogP contribution in [0.1, 0.15) is 58.3 Å². The van der Waals surface area contributed by atoms with Crippen molar-refractivity contribution in [3.8, 4) is 0 Å². The van der Waals surface area contributed by atoms with Crippen LogP contribution in [0.15, 0.2) is 6.07 Å². The van der Waals surface area contributed by atoms with Crippen molar-refractivity contribution in [3.63, 3.8) is 0 Å². The Kier molecular flexibility index (Phi) is 5.45. The number of likely N-dealkylation sites (tertiary alicyclic amines) is 1. The van der Waals surface area contributed by atoms with Crippen molar-refractivity contribution in [1.29, 1.82) is 0 Å². The predicted octanol–water partition coefficient (Wildman–Crippen LogP) is 2.23. The van der Waals surface area contributed by atoms with E-state index in [0.717, 1.165) is 57.8 Å². The Bertz CT molecular complexity index is 634. The van der Waals surface area contributed by atoms with Crippen LogP contribution in [0, 0.1) is 0 Å². The van der Waals surface area contributed by atoms with Crippen LogP contribution in [-0.4, -0.2) is 76.1 Å². The van der Waals surface area contributed by atoms with Crippen molar-refractivity contribution < 1.29 is 4.79 Å². The first kappa shape index (κ1) is 19.4. The lowest BCUT2D eigenvalue weighted by Crippen LogP contribution is -2.60. The molecule has 6 nitrogen and oxygen atoms in total. The van der Waals surface area contributed by atoms with E-state index in [1.165, 1.54) is 5.69 Å². The molecule has 0 saturated carbocycles. The average Bonchev–Trinajstić information content (AvgIpc) is 2.99. The SMILES string of the molecule is CCN1CC[C@]2(CCC1=O)CN(Cc1cc(C(C)(C)C)n[nH]1)CCN2C. The number of aromatic amines is 1. The lowest BCUT2D eigenvalue weighted by Gasteiger charge is -2.49. The fourth-order valence-electron chi connectivity index (χ4n) is 4.31. The molecule has 1 atom stereocenters. The lowest BCUT2D eigenvalue weighted by molar-refractivity contribution is -0.130. The number of likely N-dealkylation sites (N-methyl/N-ethyl adjacent to an activating group) is 1. The lowest BCUT2D eigenvalue weighted by atomic mass is 9.86. The second kappa shape index (κ2) is 7.31. The van der Waals surface area contributed by atoms with Gasteiger partial charge in [0.1, 0.15) is 0 Å². The summed E-state index contributed by atoms with van der Waals surface area (Å²) in [7, 11) is 2.23. The molecular weight excluding hydrogens is 326 g/mol. The molecule has 2 saturated heterocycles. The minimum atomic E-state index is 0.0728. The Morgan fingerprint density at radius 3 is 2.65 bits per heavy atom. The van der Waals surface area contributed by atoms with Gasteiger partial charge in [-0.15, -0.1) is 0 Å². The molecule has 26 heavy (non-hydrogen) atoms. The topological polar surface area (TPSA) is 55.5 Å². The van der Waals surface area contributed by atoms with Gasteiger partial charge in [0, 0.05) is 62.3 Å². The van der Waals surface area contributed by atoms with E-state index in [1.807, 2.05) is 4.90 Å². The number of aromatic nitrogens is 2. The quantitative estimate of drug-likeness (QED) is 0.897. The van der Waals surface area contributed by atoms with E-state index in [2.05, 4.69) is 60.8 Å². The number of nitrogens with one attached hydrogen (secondary N) is 1. The van der Waals surface area contributed by atoms with E-state index in [9.17, 15) is 4.79 Å². The van der Waals surface area contributed by atoms with Crippen LogP contribution in [0.25, 0.3) is 0 Å². The summed E-state index contributed by atoms with van der Waals surface area (Å²) < 4.78 is 0. The van der Waals surface area contributed by atoms with Crippen LogP contribution in [0.2, 0.25) is 0 Å². The van der Waals surface area contributed by atoms with Gasteiger partial charge >= 0.3 is 0 Å². The molecule has 1 spiro atoms. The summed E-state index contributed by atoms with van der Waals surface area (Å²) in [4.78, 5) is 19.4. The Morgan fingerprint density at radius 1 is 1.23 bits per heavy atom. The monoisotopic (exact) mass is 361 g/mol. The summed E-state index contributed by atoms with van der Waals surface area (Å²) in [5, 5.41) is 7.73. The van der Waals surface area contributed by atoms with Gasteiger partial charge in [-0.3, -0.25) is 19.7 Å². The Morgan fingerprint density at radius 2 is 2.00 bits per heavy atom. The molecule has 146 valence electrons. The van der Waals surface area contributed by atoms with Gasteiger partial charge in [0.25, 0.3) is 0 Å². The summed E-state index contributed by atoms with van der Waals surface area (Å²) in [5.41, 5.74) is 2.50. The van der Waals surface area contributed by atoms with Crippen molar-refractivity contribution in [1.82, 2.24) is 24.9 Å². The third-order valence-electron chi connectivity index (χ3n) is 6.26. The van der Waals surface area contributed by atoms with Crippen molar-refractivity contribution in [3.05, 3.63) is 17.5 Å². The Balaban J connectivity index is 1.70. The largest absolute Gasteiger partial charge is 0.343 e. The van der Waals surface area contributed by atoms with Gasteiger partial charge in [-0.1, -0.05) is 20.8 Å². The molecule has 0 radical (unpaired) electrons. The normalized spacial score (nSPS) is 26.5. The van der Waals surface area contributed by atoms with Crippen molar-refractivity contribution in [2.75, 3.05) is 39.8 Å². The van der Waals surface area contributed by atoms with Gasteiger partial charge in [-0.25, -0.2) is 0 Å². The van der Waals surface area contributed by atoms with Crippen LogP contribution in [-0.2, 0) is 16.8 Å². The van der Waals surface area contributed by atoms with Crippen molar-refractivity contribution in [2.45, 2.75) is 64.5 Å². The number of rotatable bonds is 3. The highest BCUT2D eigenvalue weighted by Gasteiger charge is 2.42. The molecule has 0 unspecified atom stereocenters. The van der Waals surface area contributed by atoms with Gasteiger partial charge in [-0.05, 0) is 32.9 Å². The minimum absolute atomic E-state index is 0.0728. The summed E-state index contributed by atoms with van der Waals surface area (Å²) in [5.74, 6) is 0.318. The minimum Gasteiger partial charge on any atom is -0.343 e. The van der Waals surface area contributed by atoms with Crippen LogP contribution in [0.4, 0.5) is 0 Å². The Hall–Kier alpha value is -1.40.